The SMILES string of the molecule is C[Si](C)c1ccccc1C(=O)c1ccccc1. The van der Waals surface area contributed by atoms with Crippen LogP contribution in [0.2, 0.25) is 13.1 Å². The third-order valence-corrected chi connectivity index (χ3v) is 4.26. The zero-order valence-corrected chi connectivity index (χ0v) is 11.1. The summed E-state index contributed by atoms with van der Waals surface area (Å²) in [7, 11) is -0.614. The fraction of sp³-hybridized carbons (Fsp3) is 0.133. The molecule has 0 spiro atoms. The Balaban J connectivity index is 2.45. The topological polar surface area (TPSA) is 17.1 Å². The zero-order valence-electron chi connectivity index (χ0n) is 10.1. The van der Waals surface area contributed by atoms with Gasteiger partial charge in [0.2, 0.25) is 0 Å². The van der Waals surface area contributed by atoms with Crippen molar-refractivity contribution in [3.63, 3.8) is 0 Å². The van der Waals surface area contributed by atoms with Crippen LogP contribution in [0.15, 0.2) is 54.6 Å². The molecule has 0 amide bonds. The average molecular weight is 239 g/mol. The van der Waals surface area contributed by atoms with Gasteiger partial charge in [-0.05, 0) is 0 Å². The summed E-state index contributed by atoms with van der Waals surface area (Å²) in [6.07, 6.45) is 0. The molecular formula is C15H15OSi. The number of hydrogen-bond donors (Lipinski definition) is 0. The lowest BCUT2D eigenvalue weighted by atomic mass is 10.0. The summed E-state index contributed by atoms with van der Waals surface area (Å²) in [5, 5.41) is 1.21. The van der Waals surface area contributed by atoms with E-state index in [0.717, 1.165) is 11.1 Å². The van der Waals surface area contributed by atoms with E-state index in [9.17, 15) is 4.79 Å². The Kier molecular flexibility index (Phi) is 3.54. The lowest BCUT2D eigenvalue weighted by Crippen LogP contribution is -2.29. The molecule has 1 nitrogen and oxygen atoms in total. The van der Waals surface area contributed by atoms with E-state index >= 15 is 0 Å². The Morgan fingerprint density at radius 2 is 1.47 bits per heavy atom. The summed E-state index contributed by atoms with van der Waals surface area (Å²) >= 11 is 0. The molecule has 0 bridgehead atoms. The van der Waals surface area contributed by atoms with E-state index in [1.54, 1.807) is 0 Å². The molecule has 1 radical (unpaired) electrons. The molecule has 85 valence electrons. The molecule has 0 atom stereocenters. The van der Waals surface area contributed by atoms with Crippen LogP contribution in [0.3, 0.4) is 0 Å². The number of hydrogen-bond acceptors (Lipinski definition) is 1. The highest BCUT2D eigenvalue weighted by molar-refractivity contribution is 6.72. The maximum Gasteiger partial charge on any atom is 0.192 e. The third-order valence-electron chi connectivity index (χ3n) is 2.75. The Hall–Kier alpha value is -1.67. The maximum atomic E-state index is 12.4. The van der Waals surface area contributed by atoms with Crippen LogP contribution in [0.4, 0.5) is 0 Å². The molecule has 0 saturated carbocycles. The lowest BCUT2D eigenvalue weighted by Gasteiger charge is -2.10. The first-order valence-corrected chi connectivity index (χ1v) is 8.19. The first kappa shape index (κ1) is 11.8. The predicted molar refractivity (Wildman–Crippen MR) is 73.4 cm³/mol. The summed E-state index contributed by atoms with van der Waals surface area (Å²) < 4.78 is 0. The standard InChI is InChI=1S/C15H15OSi/c1-17(2)14-11-7-6-10-13(14)15(16)12-8-4-3-5-9-12/h3-11H,1-2H3. The van der Waals surface area contributed by atoms with Crippen molar-refractivity contribution in [1.82, 2.24) is 0 Å². The van der Waals surface area contributed by atoms with E-state index in [2.05, 4.69) is 19.2 Å². The predicted octanol–water partition coefficient (Wildman–Crippen LogP) is 2.88. The van der Waals surface area contributed by atoms with E-state index in [0.29, 0.717) is 0 Å². The van der Waals surface area contributed by atoms with Crippen LogP contribution in [0.25, 0.3) is 0 Å². The summed E-state index contributed by atoms with van der Waals surface area (Å²) in [6, 6.07) is 17.4. The monoisotopic (exact) mass is 239 g/mol. The van der Waals surface area contributed by atoms with E-state index < -0.39 is 8.80 Å². The maximum absolute atomic E-state index is 12.4. The summed E-state index contributed by atoms with van der Waals surface area (Å²) in [5.41, 5.74) is 1.63. The summed E-state index contributed by atoms with van der Waals surface area (Å²) in [5.74, 6) is 0.132. The highest BCUT2D eigenvalue weighted by Crippen LogP contribution is 2.08. The molecule has 0 fully saturated rings. The minimum atomic E-state index is -0.614. The molecule has 0 N–H and O–H groups in total. The average Bonchev–Trinajstić information content (AvgIpc) is 2.39. The molecule has 17 heavy (non-hydrogen) atoms. The molecule has 0 aliphatic rings. The third kappa shape index (κ3) is 2.53. The van der Waals surface area contributed by atoms with Gasteiger partial charge in [-0.2, -0.15) is 0 Å². The van der Waals surface area contributed by atoms with Crippen LogP contribution in [-0.2, 0) is 0 Å². The largest absolute Gasteiger partial charge is 0.289 e. The molecule has 2 aromatic rings. The van der Waals surface area contributed by atoms with Gasteiger partial charge in [-0.25, -0.2) is 0 Å². The van der Waals surface area contributed by atoms with Gasteiger partial charge < -0.3 is 0 Å². The second-order valence-corrected chi connectivity index (χ2v) is 6.78. The Morgan fingerprint density at radius 3 is 2.12 bits per heavy atom. The van der Waals surface area contributed by atoms with Gasteiger partial charge in [0.15, 0.2) is 5.78 Å². The van der Waals surface area contributed by atoms with Gasteiger partial charge in [-0.3, -0.25) is 4.79 Å². The Bertz CT molecular complexity index is 517. The van der Waals surface area contributed by atoms with Crippen molar-refractivity contribution in [3.8, 4) is 0 Å². The van der Waals surface area contributed by atoms with Crippen LogP contribution in [0.5, 0.6) is 0 Å². The lowest BCUT2D eigenvalue weighted by molar-refractivity contribution is 0.104. The highest BCUT2D eigenvalue weighted by atomic mass is 28.3. The van der Waals surface area contributed by atoms with Gasteiger partial charge in [0.25, 0.3) is 0 Å². The van der Waals surface area contributed by atoms with Crippen molar-refractivity contribution < 1.29 is 4.79 Å². The molecule has 2 heteroatoms. The number of ketones is 1. The van der Waals surface area contributed by atoms with Crippen LogP contribution in [0.1, 0.15) is 15.9 Å². The van der Waals surface area contributed by atoms with E-state index in [1.807, 2.05) is 48.5 Å². The van der Waals surface area contributed by atoms with Gasteiger partial charge in [0.05, 0.1) is 8.80 Å². The highest BCUT2D eigenvalue weighted by Gasteiger charge is 2.14. The molecule has 0 aliphatic carbocycles. The van der Waals surface area contributed by atoms with Crippen LogP contribution >= 0.6 is 0 Å². The fourth-order valence-electron chi connectivity index (χ4n) is 1.86. The van der Waals surface area contributed by atoms with Gasteiger partial charge in [0.1, 0.15) is 0 Å². The molecule has 0 unspecified atom stereocenters. The van der Waals surface area contributed by atoms with E-state index in [-0.39, 0.29) is 5.78 Å². The summed E-state index contributed by atoms with van der Waals surface area (Å²) in [6.45, 7) is 4.42. The molecule has 0 saturated heterocycles. The fourth-order valence-corrected chi connectivity index (χ4v) is 3.03. The smallest absolute Gasteiger partial charge is 0.192 e. The van der Waals surface area contributed by atoms with Crippen LogP contribution in [-0.4, -0.2) is 14.6 Å². The van der Waals surface area contributed by atoms with Crippen molar-refractivity contribution in [1.29, 1.82) is 0 Å². The second kappa shape index (κ2) is 5.10. The van der Waals surface area contributed by atoms with Crippen LogP contribution in [0, 0.1) is 0 Å². The normalized spacial score (nSPS) is 10.5. The van der Waals surface area contributed by atoms with E-state index in [1.165, 1.54) is 5.19 Å². The molecule has 2 rings (SSSR count). The van der Waals surface area contributed by atoms with Crippen molar-refractivity contribution in [2.24, 2.45) is 0 Å². The molecule has 2 aromatic carbocycles. The first-order chi connectivity index (χ1) is 8.20. The minimum Gasteiger partial charge on any atom is -0.289 e. The molecular weight excluding hydrogens is 224 g/mol. The van der Waals surface area contributed by atoms with Gasteiger partial charge >= 0.3 is 0 Å². The number of carbonyl (C=O) groups excluding carboxylic acids is 1. The minimum absolute atomic E-state index is 0.132. The number of carbonyl (C=O) groups is 1. The quantitative estimate of drug-likeness (QED) is 0.594. The van der Waals surface area contributed by atoms with Crippen LogP contribution < -0.4 is 5.19 Å². The first-order valence-electron chi connectivity index (χ1n) is 5.69. The Morgan fingerprint density at radius 1 is 0.882 bits per heavy atom. The van der Waals surface area contributed by atoms with Gasteiger partial charge in [-0.1, -0.05) is 72.9 Å². The number of rotatable bonds is 3. The molecule has 0 aliphatic heterocycles. The molecule has 0 heterocycles. The number of benzene rings is 2. The van der Waals surface area contributed by atoms with Crippen molar-refractivity contribution >= 4 is 19.8 Å². The van der Waals surface area contributed by atoms with Crippen molar-refractivity contribution in [2.75, 3.05) is 0 Å². The summed E-state index contributed by atoms with van der Waals surface area (Å²) in [4.78, 5) is 12.4. The van der Waals surface area contributed by atoms with Gasteiger partial charge in [0, 0.05) is 11.1 Å². The molecule has 0 aromatic heterocycles. The van der Waals surface area contributed by atoms with Crippen molar-refractivity contribution in [3.05, 3.63) is 65.7 Å². The Labute approximate surface area is 104 Å². The van der Waals surface area contributed by atoms with Gasteiger partial charge in [-0.15, -0.1) is 0 Å². The van der Waals surface area contributed by atoms with E-state index in [4.69, 9.17) is 0 Å². The zero-order chi connectivity index (χ0) is 12.3. The second-order valence-electron chi connectivity index (χ2n) is 4.24. The van der Waals surface area contributed by atoms with Crippen molar-refractivity contribution in [2.45, 2.75) is 13.1 Å².